The number of rotatable bonds is 5. The highest BCUT2D eigenvalue weighted by atomic mass is 15.1. The smallest absolute Gasteiger partial charge is 0.159 e. The van der Waals surface area contributed by atoms with Crippen molar-refractivity contribution in [2.24, 2.45) is 5.92 Å². The standard InChI is InChI=1S/C16H24N4/c1-2-12-20-15(6-5-13-7-10-17-11-8-13)19-14-4-3-9-18-16(14)20/h3-4,9,13,17H,2,5-8,10-12H2,1H3. The third-order valence-corrected chi connectivity index (χ3v) is 4.26. The van der Waals surface area contributed by atoms with Crippen LogP contribution in [0.15, 0.2) is 18.3 Å². The predicted molar refractivity (Wildman–Crippen MR) is 81.7 cm³/mol. The molecular formula is C16H24N4. The molecule has 0 bridgehead atoms. The van der Waals surface area contributed by atoms with Gasteiger partial charge in [-0.2, -0.15) is 0 Å². The molecule has 1 saturated heterocycles. The maximum atomic E-state index is 4.80. The molecule has 0 aromatic carbocycles. The summed E-state index contributed by atoms with van der Waals surface area (Å²) in [4.78, 5) is 9.31. The SMILES string of the molecule is CCCn1c(CCC2CCNCC2)nc2cccnc21. The molecular weight excluding hydrogens is 248 g/mol. The minimum atomic E-state index is 0.860. The Morgan fingerprint density at radius 3 is 3.00 bits per heavy atom. The molecule has 0 spiro atoms. The van der Waals surface area contributed by atoms with Crippen LogP contribution in [-0.4, -0.2) is 27.6 Å². The largest absolute Gasteiger partial charge is 0.317 e. The lowest BCUT2D eigenvalue weighted by Crippen LogP contribution is -2.28. The molecule has 20 heavy (non-hydrogen) atoms. The van der Waals surface area contributed by atoms with Gasteiger partial charge in [-0.3, -0.25) is 0 Å². The first-order valence-electron chi connectivity index (χ1n) is 7.89. The second kappa shape index (κ2) is 6.35. The maximum absolute atomic E-state index is 4.80. The first-order valence-corrected chi connectivity index (χ1v) is 7.89. The Morgan fingerprint density at radius 1 is 1.35 bits per heavy atom. The van der Waals surface area contributed by atoms with Crippen LogP contribution >= 0.6 is 0 Å². The summed E-state index contributed by atoms with van der Waals surface area (Å²) in [5.74, 6) is 2.08. The molecule has 0 saturated carbocycles. The van der Waals surface area contributed by atoms with Crippen LogP contribution in [0.1, 0.15) is 38.4 Å². The van der Waals surface area contributed by atoms with E-state index in [0.29, 0.717) is 0 Å². The van der Waals surface area contributed by atoms with Crippen molar-refractivity contribution in [3.63, 3.8) is 0 Å². The fourth-order valence-electron chi connectivity index (χ4n) is 3.16. The van der Waals surface area contributed by atoms with E-state index in [4.69, 9.17) is 4.98 Å². The highest BCUT2D eigenvalue weighted by Crippen LogP contribution is 2.21. The fourth-order valence-corrected chi connectivity index (χ4v) is 3.16. The highest BCUT2D eigenvalue weighted by molar-refractivity contribution is 5.71. The fraction of sp³-hybridized carbons (Fsp3) is 0.625. The second-order valence-electron chi connectivity index (χ2n) is 5.76. The molecule has 0 amide bonds. The lowest BCUT2D eigenvalue weighted by Gasteiger charge is -2.22. The molecule has 0 radical (unpaired) electrons. The highest BCUT2D eigenvalue weighted by Gasteiger charge is 2.16. The number of aromatic nitrogens is 3. The molecule has 3 rings (SSSR count). The number of imidazole rings is 1. The van der Waals surface area contributed by atoms with Gasteiger partial charge in [0.15, 0.2) is 5.65 Å². The molecule has 1 aliphatic rings. The van der Waals surface area contributed by atoms with Crippen molar-refractivity contribution in [1.82, 2.24) is 19.9 Å². The molecule has 0 atom stereocenters. The summed E-state index contributed by atoms with van der Waals surface area (Å²) in [7, 11) is 0. The molecule has 1 aliphatic heterocycles. The zero-order valence-electron chi connectivity index (χ0n) is 12.3. The normalized spacial score (nSPS) is 16.9. The van der Waals surface area contributed by atoms with E-state index >= 15 is 0 Å². The molecule has 4 heteroatoms. The third-order valence-electron chi connectivity index (χ3n) is 4.26. The van der Waals surface area contributed by atoms with Gasteiger partial charge in [-0.1, -0.05) is 6.92 Å². The number of nitrogens with zero attached hydrogens (tertiary/aromatic N) is 3. The predicted octanol–water partition coefficient (Wildman–Crippen LogP) is 2.77. The van der Waals surface area contributed by atoms with Crippen LogP contribution in [0.5, 0.6) is 0 Å². The summed E-state index contributed by atoms with van der Waals surface area (Å²) in [5, 5.41) is 3.44. The molecule has 1 fully saturated rings. The zero-order chi connectivity index (χ0) is 13.8. The van der Waals surface area contributed by atoms with Crippen molar-refractivity contribution in [2.45, 2.75) is 45.6 Å². The molecule has 0 aliphatic carbocycles. The molecule has 1 N–H and O–H groups in total. The zero-order valence-corrected chi connectivity index (χ0v) is 12.3. The Morgan fingerprint density at radius 2 is 2.20 bits per heavy atom. The van der Waals surface area contributed by atoms with Crippen LogP contribution in [0.4, 0.5) is 0 Å². The topological polar surface area (TPSA) is 42.7 Å². The first-order chi connectivity index (χ1) is 9.88. The number of hydrogen-bond acceptors (Lipinski definition) is 3. The number of nitrogens with one attached hydrogen (secondary N) is 1. The van der Waals surface area contributed by atoms with Crippen LogP contribution < -0.4 is 5.32 Å². The summed E-state index contributed by atoms with van der Waals surface area (Å²) < 4.78 is 2.32. The van der Waals surface area contributed by atoms with Crippen LogP contribution in [0.2, 0.25) is 0 Å². The van der Waals surface area contributed by atoms with E-state index in [0.717, 1.165) is 36.5 Å². The summed E-state index contributed by atoms with van der Waals surface area (Å²) >= 11 is 0. The van der Waals surface area contributed by atoms with Crippen LogP contribution in [0.25, 0.3) is 11.2 Å². The number of aryl methyl sites for hydroxylation is 2. The van der Waals surface area contributed by atoms with Gasteiger partial charge in [-0.05, 0) is 56.8 Å². The van der Waals surface area contributed by atoms with Gasteiger partial charge in [-0.25, -0.2) is 9.97 Å². The van der Waals surface area contributed by atoms with Gasteiger partial charge < -0.3 is 9.88 Å². The Hall–Kier alpha value is -1.42. The quantitative estimate of drug-likeness (QED) is 0.910. The van der Waals surface area contributed by atoms with Gasteiger partial charge in [0.05, 0.1) is 0 Å². The number of fused-ring (bicyclic) bond motifs is 1. The lowest BCUT2D eigenvalue weighted by atomic mass is 9.93. The number of pyridine rings is 1. The molecule has 2 aromatic heterocycles. The molecule has 0 unspecified atom stereocenters. The van der Waals surface area contributed by atoms with Crippen LogP contribution in [-0.2, 0) is 13.0 Å². The summed E-state index contributed by atoms with van der Waals surface area (Å²) in [6.45, 7) is 5.59. The van der Waals surface area contributed by atoms with Crippen molar-refractivity contribution in [3.05, 3.63) is 24.2 Å². The van der Waals surface area contributed by atoms with Gasteiger partial charge in [0.2, 0.25) is 0 Å². The average molecular weight is 272 g/mol. The van der Waals surface area contributed by atoms with Crippen LogP contribution in [0, 0.1) is 5.92 Å². The molecule has 108 valence electrons. The number of piperidine rings is 1. The van der Waals surface area contributed by atoms with E-state index in [1.807, 2.05) is 12.3 Å². The molecule has 3 heterocycles. The van der Waals surface area contributed by atoms with E-state index in [1.165, 1.54) is 38.2 Å². The maximum Gasteiger partial charge on any atom is 0.159 e. The Labute approximate surface area is 120 Å². The van der Waals surface area contributed by atoms with E-state index in [9.17, 15) is 0 Å². The van der Waals surface area contributed by atoms with Crippen molar-refractivity contribution in [1.29, 1.82) is 0 Å². The van der Waals surface area contributed by atoms with E-state index in [2.05, 4.69) is 27.9 Å². The lowest BCUT2D eigenvalue weighted by molar-refractivity contribution is 0.351. The first kappa shape index (κ1) is 13.6. The van der Waals surface area contributed by atoms with Gasteiger partial charge in [0, 0.05) is 19.2 Å². The molecule has 4 nitrogen and oxygen atoms in total. The van der Waals surface area contributed by atoms with E-state index in [-0.39, 0.29) is 0 Å². The van der Waals surface area contributed by atoms with Gasteiger partial charge in [-0.15, -0.1) is 0 Å². The second-order valence-corrected chi connectivity index (χ2v) is 5.76. The average Bonchev–Trinajstić information content (AvgIpc) is 2.85. The van der Waals surface area contributed by atoms with Gasteiger partial charge >= 0.3 is 0 Å². The van der Waals surface area contributed by atoms with Crippen molar-refractivity contribution < 1.29 is 0 Å². The minimum Gasteiger partial charge on any atom is -0.317 e. The van der Waals surface area contributed by atoms with Crippen LogP contribution in [0.3, 0.4) is 0 Å². The van der Waals surface area contributed by atoms with E-state index in [1.54, 1.807) is 0 Å². The molecule has 2 aromatic rings. The monoisotopic (exact) mass is 272 g/mol. The van der Waals surface area contributed by atoms with Crippen molar-refractivity contribution in [3.8, 4) is 0 Å². The van der Waals surface area contributed by atoms with Gasteiger partial charge in [0.1, 0.15) is 11.3 Å². The number of hydrogen-bond donors (Lipinski definition) is 1. The summed E-state index contributed by atoms with van der Waals surface area (Å²) in [5.41, 5.74) is 2.09. The van der Waals surface area contributed by atoms with Gasteiger partial charge in [0.25, 0.3) is 0 Å². The summed E-state index contributed by atoms with van der Waals surface area (Å²) in [6.07, 6.45) is 7.96. The van der Waals surface area contributed by atoms with E-state index < -0.39 is 0 Å². The third kappa shape index (κ3) is 2.85. The Kier molecular flexibility index (Phi) is 4.31. The Bertz CT molecular complexity index is 555. The summed E-state index contributed by atoms with van der Waals surface area (Å²) in [6, 6.07) is 4.05. The minimum absolute atomic E-state index is 0.860. The Balaban J connectivity index is 1.77. The van der Waals surface area contributed by atoms with Crippen molar-refractivity contribution >= 4 is 11.2 Å². The van der Waals surface area contributed by atoms with Crippen molar-refractivity contribution in [2.75, 3.05) is 13.1 Å².